The highest BCUT2D eigenvalue weighted by molar-refractivity contribution is 5.81. The third-order valence-electron chi connectivity index (χ3n) is 4.22. The van der Waals surface area contributed by atoms with E-state index in [-0.39, 0.29) is 24.9 Å². The molecule has 0 aromatic heterocycles. The Morgan fingerprint density at radius 3 is 2.38 bits per heavy atom. The summed E-state index contributed by atoms with van der Waals surface area (Å²) in [4.78, 5) is 25.7. The van der Waals surface area contributed by atoms with Crippen LogP contribution >= 0.6 is 0 Å². The van der Waals surface area contributed by atoms with E-state index >= 15 is 0 Å². The van der Waals surface area contributed by atoms with Gasteiger partial charge >= 0.3 is 0 Å². The lowest BCUT2D eigenvalue weighted by Crippen LogP contribution is -2.50. The molecule has 1 fully saturated rings. The fraction of sp³-hybridized carbons (Fsp3) is 0.824. The van der Waals surface area contributed by atoms with E-state index in [9.17, 15) is 14.9 Å². The van der Waals surface area contributed by atoms with Gasteiger partial charge in [-0.3, -0.25) is 14.5 Å². The number of rotatable bonds is 9. The molecule has 1 aliphatic carbocycles. The average Bonchev–Trinajstić information content (AvgIpc) is 2.77. The number of methoxy groups -OCH3 is 1. The molecule has 2 amide bonds. The minimum Gasteiger partial charge on any atom is -0.385 e. The molecule has 0 saturated heterocycles. The van der Waals surface area contributed by atoms with E-state index in [1.54, 1.807) is 19.1 Å². The van der Waals surface area contributed by atoms with Gasteiger partial charge in [0, 0.05) is 20.3 Å². The third-order valence-corrected chi connectivity index (χ3v) is 4.22. The van der Waals surface area contributed by atoms with Crippen molar-refractivity contribution in [2.75, 3.05) is 40.4 Å². The van der Waals surface area contributed by atoms with Crippen molar-refractivity contribution >= 4 is 11.8 Å². The summed E-state index contributed by atoms with van der Waals surface area (Å²) in [5, 5.41) is 15.2. The number of amides is 2. The third kappa shape index (κ3) is 7.75. The number of likely N-dealkylation sites (N-methyl/N-ethyl adjacent to an activating group) is 1. The van der Waals surface area contributed by atoms with Crippen LogP contribution < -0.4 is 10.6 Å². The van der Waals surface area contributed by atoms with Crippen molar-refractivity contribution in [2.24, 2.45) is 0 Å². The molecule has 0 unspecified atom stereocenters. The summed E-state index contributed by atoms with van der Waals surface area (Å²) in [7, 11) is 3.34. The van der Waals surface area contributed by atoms with Crippen LogP contribution in [0.3, 0.4) is 0 Å². The first kappa shape index (κ1) is 20.4. The fourth-order valence-electron chi connectivity index (χ4n) is 2.95. The lowest BCUT2D eigenvalue weighted by molar-refractivity contribution is -0.125. The molecule has 2 N–H and O–H groups in total. The zero-order valence-corrected chi connectivity index (χ0v) is 14.9. The Morgan fingerprint density at radius 1 is 1.17 bits per heavy atom. The average molecular weight is 338 g/mol. The second-order valence-corrected chi connectivity index (χ2v) is 6.52. The summed E-state index contributed by atoms with van der Waals surface area (Å²) in [5.74, 6) is -0.320. The van der Waals surface area contributed by atoms with Gasteiger partial charge in [-0.05, 0) is 26.3 Å². The standard InChI is InChI=1S/C17H30N4O3/c1-21(12-15(22)19-10-7-11-24-2)13-16(23)20-17(14-18)8-5-3-4-6-9-17/h3-13H2,1-2H3,(H,19,22)(H,20,23). The molecular weight excluding hydrogens is 308 g/mol. The normalized spacial score (nSPS) is 16.9. The summed E-state index contributed by atoms with van der Waals surface area (Å²) in [6, 6.07) is 2.30. The van der Waals surface area contributed by atoms with Crippen molar-refractivity contribution in [3.63, 3.8) is 0 Å². The molecule has 24 heavy (non-hydrogen) atoms. The highest BCUT2D eigenvalue weighted by atomic mass is 16.5. The van der Waals surface area contributed by atoms with Gasteiger partial charge in [0.15, 0.2) is 0 Å². The van der Waals surface area contributed by atoms with Gasteiger partial charge in [0.25, 0.3) is 0 Å². The number of hydrogen-bond acceptors (Lipinski definition) is 5. The van der Waals surface area contributed by atoms with Crippen LogP contribution in [0.1, 0.15) is 44.9 Å². The summed E-state index contributed by atoms with van der Waals surface area (Å²) in [5.41, 5.74) is -0.739. The largest absolute Gasteiger partial charge is 0.385 e. The van der Waals surface area contributed by atoms with Gasteiger partial charge in [0.2, 0.25) is 11.8 Å². The SMILES string of the molecule is COCCCNC(=O)CN(C)CC(=O)NC1(C#N)CCCCCC1. The number of ether oxygens (including phenoxy) is 1. The molecule has 0 bridgehead atoms. The van der Waals surface area contributed by atoms with Gasteiger partial charge in [-0.25, -0.2) is 0 Å². The molecule has 0 spiro atoms. The van der Waals surface area contributed by atoms with E-state index in [0.29, 0.717) is 26.0 Å². The Balaban J connectivity index is 2.35. The van der Waals surface area contributed by atoms with Crippen LogP contribution in [0.25, 0.3) is 0 Å². The van der Waals surface area contributed by atoms with E-state index in [0.717, 1.165) is 32.1 Å². The molecule has 7 nitrogen and oxygen atoms in total. The number of carbonyl (C=O) groups excluding carboxylic acids is 2. The molecule has 0 heterocycles. The molecule has 0 aromatic rings. The van der Waals surface area contributed by atoms with Crippen molar-refractivity contribution in [3.05, 3.63) is 0 Å². The van der Waals surface area contributed by atoms with Gasteiger partial charge in [-0.15, -0.1) is 0 Å². The van der Waals surface area contributed by atoms with Crippen molar-refractivity contribution in [2.45, 2.75) is 50.5 Å². The molecule has 1 rings (SSSR count). The van der Waals surface area contributed by atoms with E-state index in [1.807, 2.05) is 0 Å². The Hall–Kier alpha value is -1.65. The number of hydrogen-bond donors (Lipinski definition) is 2. The number of nitriles is 1. The molecule has 0 aromatic carbocycles. The first-order valence-corrected chi connectivity index (χ1v) is 8.68. The molecule has 1 aliphatic rings. The number of carbonyl (C=O) groups is 2. The van der Waals surface area contributed by atoms with E-state index in [2.05, 4.69) is 16.7 Å². The Morgan fingerprint density at radius 2 is 1.79 bits per heavy atom. The zero-order chi connectivity index (χ0) is 17.8. The van der Waals surface area contributed by atoms with Gasteiger partial charge in [0.05, 0.1) is 19.2 Å². The first-order valence-electron chi connectivity index (χ1n) is 8.68. The van der Waals surface area contributed by atoms with Crippen molar-refractivity contribution in [1.29, 1.82) is 5.26 Å². The maximum Gasteiger partial charge on any atom is 0.235 e. The van der Waals surface area contributed by atoms with Crippen LogP contribution in [0.2, 0.25) is 0 Å². The fourth-order valence-corrected chi connectivity index (χ4v) is 2.95. The molecular formula is C17H30N4O3. The highest BCUT2D eigenvalue weighted by Gasteiger charge is 2.32. The smallest absolute Gasteiger partial charge is 0.235 e. The zero-order valence-electron chi connectivity index (χ0n) is 14.9. The predicted octanol–water partition coefficient (Wildman–Crippen LogP) is 0.804. The summed E-state index contributed by atoms with van der Waals surface area (Å²) in [6.45, 7) is 1.42. The van der Waals surface area contributed by atoms with Crippen molar-refractivity contribution < 1.29 is 14.3 Å². The second kappa shape index (κ2) is 11.0. The van der Waals surface area contributed by atoms with Crippen LogP contribution in [-0.4, -0.2) is 62.7 Å². The summed E-state index contributed by atoms with van der Waals surface area (Å²) in [6.07, 6.45) is 6.33. The minimum absolute atomic E-state index is 0.106. The lowest BCUT2D eigenvalue weighted by atomic mass is 9.92. The Kier molecular flexibility index (Phi) is 9.35. The van der Waals surface area contributed by atoms with Crippen LogP contribution in [0, 0.1) is 11.3 Å². The van der Waals surface area contributed by atoms with Crippen LogP contribution in [-0.2, 0) is 14.3 Å². The maximum absolute atomic E-state index is 12.2. The van der Waals surface area contributed by atoms with Crippen molar-refractivity contribution in [3.8, 4) is 6.07 Å². The molecule has 0 aliphatic heterocycles. The minimum atomic E-state index is -0.739. The van der Waals surface area contributed by atoms with Gasteiger partial charge in [-0.1, -0.05) is 25.7 Å². The van der Waals surface area contributed by atoms with Crippen LogP contribution in [0.15, 0.2) is 0 Å². The topological polar surface area (TPSA) is 94.5 Å². The van der Waals surface area contributed by atoms with Gasteiger partial charge < -0.3 is 15.4 Å². The van der Waals surface area contributed by atoms with E-state index < -0.39 is 5.54 Å². The first-order chi connectivity index (χ1) is 11.5. The Labute approximate surface area is 144 Å². The highest BCUT2D eigenvalue weighted by Crippen LogP contribution is 2.26. The predicted molar refractivity (Wildman–Crippen MR) is 91.2 cm³/mol. The molecule has 0 radical (unpaired) electrons. The Bertz CT molecular complexity index is 440. The van der Waals surface area contributed by atoms with Crippen molar-refractivity contribution in [1.82, 2.24) is 15.5 Å². The quantitative estimate of drug-likeness (QED) is 0.479. The number of nitrogens with one attached hydrogen (secondary N) is 2. The summed E-state index contributed by atoms with van der Waals surface area (Å²) < 4.78 is 4.92. The molecule has 7 heteroatoms. The maximum atomic E-state index is 12.2. The van der Waals surface area contributed by atoms with Gasteiger partial charge in [-0.2, -0.15) is 5.26 Å². The monoisotopic (exact) mass is 338 g/mol. The second-order valence-electron chi connectivity index (χ2n) is 6.52. The number of nitrogens with zero attached hydrogens (tertiary/aromatic N) is 2. The van der Waals surface area contributed by atoms with Gasteiger partial charge in [0.1, 0.15) is 5.54 Å². The molecule has 136 valence electrons. The van der Waals surface area contributed by atoms with E-state index in [4.69, 9.17) is 4.74 Å². The van der Waals surface area contributed by atoms with Crippen LogP contribution in [0.5, 0.6) is 0 Å². The molecule has 0 atom stereocenters. The summed E-state index contributed by atoms with van der Waals surface area (Å²) >= 11 is 0. The van der Waals surface area contributed by atoms with Crippen LogP contribution in [0.4, 0.5) is 0 Å². The lowest BCUT2D eigenvalue weighted by Gasteiger charge is -2.27. The molecule has 1 saturated carbocycles. The van der Waals surface area contributed by atoms with E-state index in [1.165, 1.54) is 0 Å².